The van der Waals surface area contributed by atoms with Gasteiger partial charge in [0.2, 0.25) is 0 Å². The average molecular weight is 348 g/mol. The third kappa shape index (κ3) is 1.97. The number of hydrogen-bond acceptors (Lipinski definition) is 5. The van der Waals surface area contributed by atoms with Crippen LogP contribution >= 0.6 is 0 Å². The fraction of sp³-hybridized carbons (Fsp3) is 0.750. The van der Waals surface area contributed by atoms with Crippen LogP contribution in [0.5, 0.6) is 0 Å². The van der Waals surface area contributed by atoms with E-state index in [-0.39, 0.29) is 41.7 Å². The number of aliphatic hydroxyl groups excluding tert-OH is 3. The second kappa shape index (κ2) is 5.41. The van der Waals surface area contributed by atoms with E-state index in [1.54, 1.807) is 19.5 Å². The molecule has 6 atom stereocenters. The van der Waals surface area contributed by atoms with Crippen molar-refractivity contribution in [2.24, 2.45) is 22.7 Å². The summed E-state index contributed by atoms with van der Waals surface area (Å²) in [5, 5.41) is 31.0. The smallest absolute Gasteiger partial charge is 0.169 e. The molecule has 3 N–H and O–H groups in total. The summed E-state index contributed by atoms with van der Waals surface area (Å²) >= 11 is 0. The van der Waals surface area contributed by atoms with Crippen LogP contribution in [-0.2, 0) is 16.6 Å². The van der Waals surface area contributed by atoms with Crippen LogP contribution in [-0.4, -0.2) is 40.4 Å². The van der Waals surface area contributed by atoms with Gasteiger partial charge in [0.25, 0.3) is 0 Å². The van der Waals surface area contributed by atoms with Crippen LogP contribution in [0.15, 0.2) is 16.9 Å². The minimum Gasteiger partial charge on any atom is -0.472 e. The van der Waals surface area contributed by atoms with Gasteiger partial charge in [-0.1, -0.05) is 13.8 Å². The first-order valence-electron chi connectivity index (χ1n) is 9.33. The Hall–Kier alpha value is -1.17. The largest absolute Gasteiger partial charge is 0.472 e. The lowest BCUT2D eigenvalue weighted by molar-refractivity contribution is -0.183. The van der Waals surface area contributed by atoms with Crippen molar-refractivity contribution in [3.8, 4) is 0 Å². The molecular formula is C20H28O5. The van der Waals surface area contributed by atoms with E-state index in [0.717, 1.165) is 31.2 Å². The highest BCUT2D eigenvalue weighted by Crippen LogP contribution is 2.66. The zero-order chi connectivity index (χ0) is 18.0. The van der Waals surface area contributed by atoms with Gasteiger partial charge < -0.3 is 19.7 Å². The molecule has 4 rings (SSSR count). The number of furan rings is 1. The highest BCUT2D eigenvalue weighted by Gasteiger charge is 2.65. The summed E-state index contributed by atoms with van der Waals surface area (Å²) in [6, 6.07) is 0. The Balaban J connectivity index is 1.85. The molecule has 25 heavy (non-hydrogen) atoms. The Labute approximate surface area is 148 Å². The molecule has 0 bridgehead atoms. The van der Waals surface area contributed by atoms with Crippen LogP contribution in [0.2, 0.25) is 0 Å². The number of hydrogen-bond donors (Lipinski definition) is 3. The van der Waals surface area contributed by atoms with Gasteiger partial charge in [-0.15, -0.1) is 0 Å². The fourth-order valence-corrected chi connectivity index (χ4v) is 6.82. The predicted octanol–water partition coefficient (Wildman–Crippen LogP) is 1.82. The number of carbonyl (C=O) groups is 1. The molecule has 3 aliphatic carbocycles. The van der Waals surface area contributed by atoms with Crippen molar-refractivity contribution in [3.63, 3.8) is 0 Å². The first kappa shape index (κ1) is 17.3. The zero-order valence-corrected chi connectivity index (χ0v) is 15.0. The standard InChI is InChI=1S/C20H28O5/c1-18-7-14(23)17(24)19(2,10-21)15(18)5-6-20(11-22)13-9-25-8-12(13)3-4-16(18)20/h8-9,14-16,21-23H,3-7,10-11H2,1-2H3/t14-,15-,16-,18+,19-,20-/m1/s1. The first-order valence-corrected chi connectivity index (χ1v) is 9.33. The van der Waals surface area contributed by atoms with E-state index in [0.29, 0.717) is 6.42 Å². The van der Waals surface area contributed by atoms with Crippen molar-refractivity contribution in [1.29, 1.82) is 0 Å². The van der Waals surface area contributed by atoms with Gasteiger partial charge in [0.05, 0.1) is 31.2 Å². The van der Waals surface area contributed by atoms with Crippen molar-refractivity contribution in [1.82, 2.24) is 0 Å². The maximum atomic E-state index is 12.7. The molecule has 3 aliphatic rings. The summed E-state index contributed by atoms with van der Waals surface area (Å²) in [5.41, 5.74) is 0.682. The minimum atomic E-state index is -1.04. The fourth-order valence-electron chi connectivity index (χ4n) is 6.82. The average Bonchev–Trinajstić information content (AvgIpc) is 3.09. The molecule has 0 saturated heterocycles. The predicted molar refractivity (Wildman–Crippen MR) is 90.9 cm³/mol. The molecule has 5 heteroatoms. The van der Waals surface area contributed by atoms with Crippen molar-refractivity contribution < 1.29 is 24.5 Å². The lowest BCUT2D eigenvalue weighted by atomic mass is 9.40. The second-order valence-electron chi connectivity index (χ2n) is 8.97. The normalized spacial score (nSPS) is 46.3. The SMILES string of the molecule is C[C@]12C[C@@H](O)C(=O)[C@](C)(CO)[C@@H]1CC[C@@]1(CO)c3cocc3CC[C@@H]12. The van der Waals surface area contributed by atoms with Gasteiger partial charge in [0.15, 0.2) is 5.78 Å². The van der Waals surface area contributed by atoms with Gasteiger partial charge in [-0.25, -0.2) is 0 Å². The van der Waals surface area contributed by atoms with Crippen LogP contribution in [0.4, 0.5) is 0 Å². The van der Waals surface area contributed by atoms with E-state index < -0.39 is 11.5 Å². The molecule has 1 aromatic heterocycles. The number of fused-ring (bicyclic) bond motifs is 5. The maximum absolute atomic E-state index is 12.7. The minimum absolute atomic E-state index is 0.0130. The molecule has 0 spiro atoms. The van der Waals surface area contributed by atoms with Crippen molar-refractivity contribution in [2.45, 2.75) is 57.5 Å². The molecule has 0 amide bonds. The van der Waals surface area contributed by atoms with Crippen LogP contribution in [0.1, 0.15) is 50.7 Å². The molecule has 0 unspecified atom stereocenters. The summed E-state index contributed by atoms with van der Waals surface area (Å²) in [4.78, 5) is 12.7. The molecule has 0 radical (unpaired) electrons. The van der Waals surface area contributed by atoms with Crippen LogP contribution in [0, 0.1) is 22.7 Å². The lowest BCUT2D eigenvalue weighted by Gasteiger charge is -2.64. The third-order valence-electron chi connectivity index (χ3n) is 8.00. The van der Waals surface area contributed by atoms with E-state index in [4.69, 9.17) is 4.42 Å². The first-order chi connectivity index (χ1) is 11.8. The van der Waals surface area contributed by atoms with E-state index >= 15 is 0 Å². The van der Waals surface area contributed by atoms with Gasteiger partial charge in [-0.05, 0) is 54.9 Å². The summed E-state index contributed by atoms with van der Waals surface area (Å²) in [7, 11) is 0. The summed E-state index contributed by atoms with van der Waals surface area (Å²) in [5.74, 6) is -0.0599. The van der Waals surface area contributed by atoms with Crippen LogP contribution in [0.3, 0.4) is 0 Å². The monoisotopic (exact) mass is 348 g/mol. The topological polar surface area (TPSA) is 90.9 Å². The molecule has 2 saturated carbocycles. The van der Waals surface area contributed by atoms with Crippen molar-refractivity contribution >= 4 is 5.78 Å². The third-order valence-corrected chi connectivity index (χ3v) is 8.00. The van der Waals surface area contributed by atoms with Gasteiger partial charge >= 0.3 is 0 Å². The highest BCUT2D eigenvalue weighted by atomic mass is 16.3. The number of aryl methyl sites for hydroxylation is 1. The van der Waals surface area contributed by atoms with E-state index in [2.05, 4.69) is 6.92 Å². The summed E-state index contributed by atoms with van der Waals surface area (Å²) in [6.45, 7) is 3.77. The number of ketones is 1. The van der Waals surface area contributed by atoms with Gasteiger partial charge in [0, 0.05) is 11.0 Å². The quantitative estimate of drug-likeness (QED) is 0.758. The lowest BCUT2D eigenvalue weighted by Crippen LogP contribution is -2.65. The second-order valence-corrected chi connectivity index (χ2v) is 8.97. The summed E-state index contributed by atoms with van der Waals surface area (Å²) in [6.07, 6.45) is 6.26. The Bertz CT molecular complexity index is 696. The molecule has 2 fully saturated rings. The van der Waals surface area contributed by atoms with E-state index in [1.165, 1.54) is 5.56 Å². The molecule has 138 valence electrons. The van der Waals surface area contributed by atoms with E-state index in [1.807, 2.05) is 0 Å². The number of aliphatic hydroxyl groups is 3. The summed E-state index contributed by atoms with van der Waals surface area (Å²) < 4.78 is 5.46. The van der Waals surface area contributed by atoms with Crippen molar-refractivity contribution in [3.05, 3.63) is 23.7 Å². The Morgan fingerprint density at radius 3 is 2.60 bits per heavy atom. The van der Waals surface area contributed by atoms with E-state index in [9.17, 15) is 20.1 Å². The Kier molecular flexibility index (Phi) is 3.74. The highest BCUT2D eigenvalue weighted by molar-refractivity contribution is 5.90. The molecular weight excluding hydrogens is 320 g/mol. The van der Waals surface area contributed by atoms with Crippen molar-refractivity contribution in [2.75, 3.05) is 13.2 Å². The number of carbonyl (C=O) groups excluding carboxylic acids is 1. The van der Waals surface area contributed by atoms with Crippen LogP contribution in [0.25, 0.3) is 0 Å². The zero-order valence-electron chi connectivity index (χ0n) is 15.0. The Morgan fingerprint density at radius 1 is 1.16 bits per heavy atom. The number of Topliss-reactive ketones (excluding diaryl/α,β-unsaturated/α-hetero) is 1. The molecule has 1 aromatic rings. The van der Waals surface area contributed by atoms with Gasteiger partial charge in [-0.2, -0.15) is 0 Å². The molecule has 0 aromatic carbocycles. The maximum Gasteiger partial charge on any atom is 0.169 e. The van der Waals surface area contributed by atoms with Gasteiger partial charge in [0.1, 0.15) is 6.10 Å². The molecule has 5 nitrogen and oxygen atoms in total. The number of rotatable bonds is 2. The van der Waals surface area contributed by atoms with Crippen LogP contribution < -0.4 is 0 Å². The molecule has 0 aliphatic heterocycles. The molecule has 1 heterocycles. The Morgan fingerprint density at radius 2 is 1.92 bits per heavy atom. The van der Waals surface area contributed by atoms with Gasteiger partial charge in [-0.3, -0.25) is 4.79 Å².